The smallest absolute Gasteiger partial charge is 0.409 e. The number of hydrogen-bond acceptors (Lipinski definition) is 6. The summed E-state index contributed by atoms with van der Waals surface area (Å²) in [4.78, 5) is 24.5. The Labute approximate surface area is 153 Å². The van der Waals surface area contributed by atoms with Crippen molar-refractivity contribution >= 4 is 11.9 Å². The molecular formula is C19H24N4O3. The molecule has 1 aromatic heterocycles. The highest BCUT2D eigenvalue weighted by Crippen LogP contribution is 2.28. The topological polar surface area (TPSA) is 78.8 Å². The van der Waals surface area contributed by atoms with Crippen molar-refractivity contribution in [3.63, 3.8) is 0 Å². The zero-order valence-corrected chi connectivity index (χ0v) is 15.1. The Morgan fingerprint density at radius 2 is 1.92 bits per heavy atom. The van der Waals surface area contributed by atoms with E-state index in [-0.39, 0.29) is 11.8 Å². The summed E-state index contributed by atoms with van der Waals surface area (Å²) in [7, 11) is 0. The lowest BCUT2D eigenvalue weighted by Crippen LogP contribution is -2.49. The lowest BCUT2D eigenvalue weighted by molar-refractivity contribution is 0.0901. The van der Waals surface area contributed by atoms with Gasteiger partial charge in [0.05, 0.1) is 12.3 Å². The maximum absolute atomic E-state index is 12.1. The van der Waals surface area contributed by atoms with E-state index in [0.29, 0.717) is 50.0 Å². The Hall–Kier alpha value is -2.83. The van der Waals surface area contributed by atoms with Crippen molar-refractivity contribution in [2.75, 3.05) is 37.7 Å². The fraction of sp³-hybridized carbons (Fsp3) is 0.421. The van der Waals surface area contributed by atoms with Gasteiger partial charge in [-0.05, 0) is 18.1 Å². The van der Waals surface area contributed by atoms with Crippen LogP contribution in [0.25, 0.3) is 11.3 Å². The summed E-state index contributed by atoms with van der Waals surface area (Å²) in [6, 6.07) is 8.96. The number of amides is 1. The molecule has 1 aliphatic heterocycles. The number of piperazine rings is 1. The lowest BCUT2D eigenvalue weighted by Gasteiger charge is -2.34. The third-order valence-electron chi connectivity index (χ3n) is 4.23. The number of hydrogen-bond donors (Lipinski definition) is 1. The molecule has 1 N–H and O–H groups in total. The minimum absolute atomic E-state index is 0.190. The van der Waals surface area contributed by atoms with Gasteiger partial charge in [-0.3, -0.25) is 0 Å². The molecule has 1 fully saturated rings. The predicted molar refractivity (Wildman–Crippen MR) is 99.1 cm³/mol. The molecular weight excluding hydrogens is 332 g/mol. The first-order valence-corrected chi connectivity index (χ1v) is 8.81. The number of phenolic OH excluding ortho intramolecular Hbond substituents is 1. The highest BCUT2D eigenvalue weighted by Gasteiger charge is 2.23. The van der Waals surface area contributed by atoms with Crippen LogP contribution in [-0.2, 0) is 4.74 Å². The molecule has 1 saturated heterocycles. The van der Waals surface area contributed by atoms with Crippen LogP contribution in [0.2, 0.25) is 0 Å². The summed E-state index contributed by atoms with van der Waals surface area (Å²) in [5.74, 6) is 1.30. The zero-order chi connectivity index (χ0) is 18.5. The van der Waals surface area contributed by atoms with E-state index in [9.17, 15) is 9.90 Å². The van der Waals surface area contributed by atoms with Gasteiger partial charge in [-0.15, -0.1) is 0 Å². The number of nitrogens with zero attached hydrogens (tertiary/aromatic N) is 4. The third-order valence-corrected chi connectivity index (χ3v) is 4.23. The van der Waals surface area contributed by atoms with Crippen LogP contribution in [0.4, 0.5) is 10.6 Å². The van der Waals surface area contributed by atoms with Gasteiger partial charge in [0.1, 0.15) is 17.9 Å². The molecule has 2 aromatic rings. The van der Waals surface area contributed by atoms with Crippen LogP contribution in [0.3, 0.4) is 0 Å². The van der Waals surface area contributed by atoms with Crippen LogP contribution >= 0.6 is 0 Å². The average Bonchev–Trinajstić information content (AvgIpc) is 2.66. The second-order valence-corrected chi connectivity index (χ2v) is 6.72. The number of carbonyl (C=O) groups is 1. The van der Waals surface area contributed by atoms with Gasteiger partial charge < -0.3 is 19.6 Å². The first-order valence-electron chi connectivity index (χ1n) is 8.81. The fourth-order valence-corrected chi connectivity index (χ4v) is 2.80. The molecule has 1 aromatic carbocycles. The van der Waals surface area contributed by atoms with Crippen molar-refractivity contribution in [2.45, 2.75) is 13.8 Å². The molecule has 0 spiro atoms. The number of anilines is 1. The van der Waals surface area contributed by atoms with Crippen molar-refractivity contribution in [3.8, 4) is 17.0 Å². The monoisotopic (exact) mass is 356 g/mol. The highest BCUT2D eigenvalue weighted by atomic mass is 16.6. The Bertz CT molecular complexity index is 758. The van der Waals surface area contributed by atoms with Crippen molar-refractivity contribution in [3.05, 3.63) is 36.7 Å². The van der Waals surface area contributed by atoms with E-state index in [1.54, 1.807) is 17.0 Å². The fourth-order valence-electron chi connectivity index (χ4n) is 2.80. The Morgan fingerprint density at radius 1 is 1.19 bits per heavy atom. The molecule has 0 atom stereocenters. The Morgan fingerprint density at radius 3 is 2.62 bits per heavy atom. The number of rotatable bonds is 4. The van der Waals surface area contributed by atoms with E-state index in [1.165, 1.54) is 6.33 Å². The highest BCUT2D eigenvalue weighted by molar-refractivity contribution is 5.69. The molecule has 26 heavy (non-hydrogen) atoms. The molecule has 0 aliphatic carbocycles. The van der Waals surface area contributed by atoms with Gasteiger partial charge in [-0.2, -0.15) is 0 Å². The molecule has 0 radical (unpaired) electrons. The van der Waals surface area contributed by atoms with Crippen LogP contribution in [0, 0.1) is 5.92 Å². The van der Waals surface area contributed by atoms with Crippen molar-refractivity contribution in [1.29, 1.82) is 0 Å². The van der Waals surface area contributed by atoms with Crippen molar-refractivity contribution in [2.24, 2.45) is 5.92 Å². The van der Waals surface area contributed by atoms with Gasteiger partial charge in [-0.25, -0.2) is 14.8 Å². The lowest BCUT2D eigenvalue weighted by atomic mass is 10.1. The van der Waals surface area contributed by atoms with Gasteiger partial charge in [0.15, 0.2) is 0 Å². The molecule has 0 unspecified atom stereocenters. The number of aromatic nitrogens is 2. The summed E-state index contributed by atoms with van der Waals surface area (Å²) in [6.45, 7) is 7.00. The summed E-state index contributed by atoms with van der Waals surface area (Å²) in [6.07, 6.45) is 1.25. The van der Waals surface area contributed by atoms with Crippen LogP contribution in [0.15, 0.2) is 36.7 Å². The van der Waals surface area contributed by atoms with Crippen LogP contribution < -0.4 is 4.90 Å². The summed E-state index contributed by atoms with van der Waals surface area (Å²) in [5, 5.41) is 10.0. The Kier molecular flexibility index (Phi) is 5.55. The zero-order valence-electron chi connectivity index (χ0n) is 15.1. The second-order valence-electron chi connectivity index (χ2n) is 6.72. The SMILES string of the molecule is CC(C)COC(=O)N1CCN(c2cc(-c3ccccc3O)ncn2)CC1. The molecule has 0 saturated carbocycles. The summed E-state index contributed by atoms with van der Waals surface area (Å²) >= 11 is 0. The minimum atomic E-state index is -0.254. The largest absolute Gasteiger partial charge is 0.507 e. The molecule has 7 nitrogen and oxygen atoms in total. The van der Waals surface area contributed by atoms with Gasteiger partial charge in [0, 0.05) is 37.8 Å². The summed E-state index contributed by atoms with van der Waals surface area (Å²) < 4.78 is 5.29. The molecule has 1 amide bonds. The molecule has 0 bridgehead atoms. The average molecular weight is 356 g/mol. The first kappa shape index (κ1) is 18.0. The quantitative estimate of drug-likeness (QED) is 0.907. The normalized spacial score (nSPS) is 14.6. The maximum Gasteiger partial charge on any atom is 0.409 e. The number of ether oxygens (including phenoxy) is 1. The van der Waals surface area contributed by atoms with Gasteiger partial charge in [-0.1, -0.05) is 26.0 Å². The van der Waals surface area contributed by atoms with Gasteiger partial charge in [0.2, 0.25) is 0 Å². The molecule has 2 heterocycles. The summed E-state index contributed by atoms with van der Waals surface area (Å²) in [5.41, 5.74) is 1.35. The van der Waals surface area contributed by atoms with Crippen LogP contribution in [-0.4, -0.2) is 58.9 Å². The van der Waals surface area contributed by atoms with Crippen LogP contribution in [0.1, 0.15) is 13.8 Å². The van der Waals surface area contributed by atoms with Crippen molar-refractivity contribution in [1.82, 2.24) is 14.9 Å². The number of benzene rings is 1. The van der Waals surface area contributed by atoms with Gasteiger partial charge >= 0.3 is 6.09 Å². The first-order chi connectivity index (χ1) is 12.5. The van der Waals surface area contributed by atoms with E-state index in [4.69, 9.17) is 4.74 Å². The molecule has 1 aliphatic rings. The Balaban J connectivity index is 1.64. The van der Waals surface area contributed by atoms with Crippen LogP contribution in [0.5, 0.6) is 5.75 Å². The van der Waals surface area contributed by atoms with Crippen molar-refractivity contribution < 1.29 is 14.6 Å². The predicted octanol–water partition coefficient (Wildman–Crippen LogP) is 2.76. The number of aromatic hydroxyl groups is 1. The van der Waals surface area contributed by atoms with E-state index in [0.717, 1.165) is 5.82 Å². The molecule has 3 rings (SSSR count). The standard InChI is InChI=1S/C19H24N4O3/c1-14(2)12-26-19(25)23-9-7-22(8-10-23)18-11-16(20-13-21-18)15-5-3-4-6-17(15)24/h3-6,11,13-14,24H,7-10,12H2,1-2H3. The third kappa shape index (κ3) is 4.22. The maximum atomic E-state index is 12.1. The van der Waals surface area contributed by atoms with E-state index < -0.39 is 0 Å². The van der Waals surface area contributed by atoms with Gasteiger partial charge in [0.25, 0.3) is 0 Å². The van der Waals surface area contributed by atoms with E-state index in [2.05, 4.69) is 14.9 Å². The molecule has 138 valence electrons. The number of para-hydroxylation sites is 1. The minimum Gasteiger partial charge on any atom is -0.507 e. The number of carbonyl (C=O) groups excluding carboxylic acids is 1. The van der Waals surface area contributed by atoms with E-state index >= 15 is 0 Å². The van der Waals surface area contributed by atoms with E-state index in [1.807, 2.05) is 32.0 Å². The number of phenols is 1. The molecule has 7 heteroatoms. The second kappa shape index (κ2) is 8.03.